The summed E-state index contributed by atoms with van der Waals surface area (Å²) in [6.45, 7) is 12.9. The maximum atomic E-state index is 7.05. The topological polar surface area (TPSA) is 42.3 Å². The number of nitrogens with zero attached hydrogens (tertiary/aromatic N) is 6. The second-order valence-electron chi connectivity index (χ2n) is 25.1. The molecule has 14 aromatic rings. The van der Waals surface area contributed by atoms with Crippen LogP contribution < -0.4 is 24.4 Å². The Hall–Kier alpha value is -10.0. The molecule has 7 nitrogen and oxygen atoms in total. The van der Waals surface area contributed by atoms with Crippen LogP contribution in [0.3, 0.4) is 0 Å². The standard InChI is InChI=1S/C81H63BN6O.Pt/c1-80(2,3)59-46-47-83-77(50-59)88-73-45-40-60(82-86(71-37-20-18-32-63(71)55-24-10-6-11-25-55)48-49-87(82)72-38-21-19-33-64(72)56-26-12-7-13-27-56)51-68(73)67-43-41-61(52-75(67)88)89-62-42-44-69-76(53-62)85-54-84(74-39-23-36-70(79(74)85)81(69,4)5)78-65(57-28-14-8-15-29-57)34-22-35-66(78)58-30-16-9-17-31-58;/h6-47,50-51H,48-49H2,1-5H3;/q-2;. The van der Waals surface area contributed by atoms with Crippen LogP contribution >= 0.6 is 0 Å². The number of hydrogen-bond donors (Lipinski definition) is 0. The van der Waals surface area contributed by atoms with Crippen molar-refractivity contribution in [2.45, 2.75) is 45.4 Å². The van der Waals surface area contributed by atoms with Gasteiger partial charge in [0.15, 0.2) is 0 Å². The van der Waals surface area contributed by atoms with E-state index >= 15 is 0 Å². The summed E-state index contributed by atoms with van der Waals surface area (Å²) < 4.78 is 13.8. The van der Waals surface area contributed by atoms with E-state index in [2.05, 4.69) is 337 Å². The first-order valence-corrected chi connectivity index (χ1v) is 30.8. The second-order valence-corrected chi connectivity index (χ2v) is 25.1. The summed E-state index contributed by atoms with van der Waals surface area (Å²) in [5.74, 6) is 1.98. The molecule has 0 unspecified atom stereocenters. The fourth-order valence-electron chi connectivity index (χ4n) is 14.0. The van der Waals surface area contributed by atoms with Crippen LogP contribution in [0.5, 0.6) is 11.5 Å². The van der Waals surface area contributed by atoms with Gasteiger partial charge in [0, 0.05) is 79.9 Å². The summed E-state index contributed by atoms with van der Waals surface area (Å²) in [4.78, 5) is 10.3. The third kappa shape index (κ3) is 9.55. The van der Waals surface area contributed by atoms with Gasteiger partial charge in [-0.15, -0.1) is 35.2 Å². The molecule has 16 rings (SSSR count). The zero-order valence-electron chi connectivity index (χ0n) is 50.8. The molecule has 0 radical (unpaired) electrons. The summed E-state index contributed by atoms with van der Waals surface area (Å²) in [6.07, 6.45) is 5.86. The zero-order chi connectivity index (χ0) is 60.0. The Kier molecular flexibility index (Phi) is 14.2. The summed E-state index contributed by atoms with van der Waals surface area (Å²) in [6, 6.07) is 102. The van der Waals surface area contributed by atoms with E-state index in [1.165, 1.54) is 50.2 Å². The Morgan fingerprint density at radius 2 is 1.04 bits per heavy atom. The van der Waals surface area contributed by atoms with Gasteiger partial charge in [-0.25, -0.2) is 4.98 Å². The molecule has 3 aromatic heterocycles. The fourth-order valence-corrected chi connectivity index (χ4v) is 14.0. The van der Waals surface area contributed by atoms with Gasteiger partial charge in [-0.3, -0.25) is 4.57 Å². The maximum absolute atomic E-state index is 7.05. The van der Waals surface area contributed by atoms with Crippen LogP contribution in [-0.2, 0) is 31.9 Å². The van der Waals surface area contributed by atoms with Crippen molar-refractivity contribution in [1.82, 2.24) is 14.1 Å². The largest absolute Gasteiger partial charge is 0.510 e. The molecule has 0 atom stereocenters. The minimum Gasteiger partial charge on any atom is -0.510 e. The number of ether oxygens (including phenoxy) is 1. The van der Waals surface area contributed by atoms with Crippen molar-refractivity contribution in [3.63, 3.8) is 0 Å². The summed E-state index contributed by atoms with van der Waals surface area (Å²) in [5.41, 5.74) is 22.0. The molecule has 0 saturated carbocycles. The van der Waals surface area contributed by atoms with Crippen LogP contribution in [0.15, 0.2) is 267 Å². The minimum atomic E-state index is -0.367. The maximum Gasteiger partial charge on any atom is 0.411 e. The van der Waals surface area contributed by atoms with Gasteiger partial charge in [0.25, 0.3) is 6.33 Å². The Bertz CT molecular complexity index is 4890. The van der Waals surface area contributed by atoms with Crippen LogP contribution in [0.25, 0.3) is 94.5 Å². The first kappa shape index (κ1) is 56.5. The molecule has 0 spiro atoms. The van der Waals surface area contributed by atoms with Crippen molar-refractivity contribution in [3.8, 4) is 73.2 Å². The molecule has 1 fully saturated rings. The molecular weight excluding hydrogens is 1280 g/mol. The van der Waals surface area contributed by atoms with E-state index < -0.39 is 0 Å². The van der Waals surface area contributed by atoms with Gasteiger partial charge in [-0.05, 0) is 102 Å². The van der Waals surface area contributed by atoms with Gasteiger partial charge >= 0.3 is 6.98 Å². The molecule has 438 valence electrons. The molecule has 90 heavy (non-hydrogen) atoms. The van der Waals surface area contributed by atoms with E-state index in [9.17, 15) is 0 Å². The average molecular weight is 1340 g/mol. The van der Waals surface area contributed by atoms with Crippen molar-refractivity contribution in [1.29, 1.82) is 0 Å². The number of imidazole rings is 1. The van der Waals surface area contributed by atoms with E-state index in [-0.39, 0.29) is 38.9 Å². The fraction of sp³-hybridized carbons (Fsp3) is 0.111. The number of para-hydroxylation sites is 4. The number of hydrogen-bond acceptors (Lipinski definition) is 4. The SMILES string of the molecule is CC(C)(C)c1ccnc(-n2c3[c-]c(Oc4[c-]c5c(cc4)C(C)(C)c4cccc6c4n-5[c-][n+]6-c4c(-c5ccccc5)cccc4-c4ccccc4)ccc3c3cc(B4N(c5ccccc5-c5ccccc5)CCN4c4ccccc4-c4ccccc4)ccc32)c1.[Pt]. The number of rotatable bonds is 11. The Balaban J connectivity index is 0.00000676. The normalized spacial score (nSPS) is 13.5. The van der Waals surface area contributed by atoms with Gasteiger partial charge in [0.05, 0.1) is 16.7 Å². The Morgan fingerprint density at radius 3 is 1.64 bits per heavy atom. The quantitative estimate of drug-likeness (QED) is 0.0735. The second kappa shape index (κ2) is 22.5. The molecule has 1 saturated heterocycles. The number of fused-ring (bicyclic) bond motifs is 5. The minimum absolute atomic E-state index is 0. The van der Waals surface area contributed by atoms with Crippen LogP contribution in [-0.4, -0.2) is 34.2 Å². The number of pyridine rings is 1. The molecule has 11 aromatic carbocycles. The van der Waals surface area contributed by atoms with Crippen LogP contribution in [0.2, 0.25) is 0 Å². The average Bonchev–Trinajstić information content (AvgIpc) is 1.51. The van der Waals surface area contributed by atoms with Gasteiger partial charge in [-0.2, -0.15) is 12.1 Å². The van der Waals surface area contributed by atoms with E-state index in [1.807, 2.05) is 6.20 Å². The smallest absolute Gasteiger partial charge is 0.411 e. The summed E-state index contributed by atoms with van der Waals surface area (Å²) in [7, 11) is 0. The molecule has 2 aliphatic heterocycles. The summed E-state index contributed by atoms with van der Waals surface area (Å²) in [5, 5.41) is 2.16. The predicted molar refractivity (Wildman–Crippen MR) is 366 cm³/mol. The van der Waals surface area contributed by atoms with E-state index in [0.717, 1.165) is 90.9 Å². The molecule has 0 amide bonds. The zero-order valence-corrected chi connectivity index (χ0v) is 53.1. The molecule has 2 aliphatic rings. The number of anilines is 2. The van der Waals surface area contributed by atoms with E-state index in [0.29, 0.717) is 11.5 Å². The van der Waals surface area contributed by atoms with Crippen LogP contribution in [0.1, 0.15) is 51.3 Å². The van der Waals surface area contributed by atoms with Gasteiger partial charge in [0.1, 0.15) is 5.82 Å². The van der Waals surface area contributed by atoms with Crippen molar-refractivity contribution < 1.29 is 30.4 Å². The van der Waals surface area contributed by atoms with Crippen molar-refractivity contribution in [3.05, 3.63) is 302 Å². The van der Waals surface area contributed by atoms with E-state index in [4.69, 9.17) is 9.72 Å². The van der Waals surface area contributed by atoms with Crippen molar-refractivity contribution in [2.75, 3.05) is 22.7 Å². The Morgan fingerprint density at radius 1 is 0.511 bits per heavy atom. The first-order valence-electron chi connectivity index (χ1n) is 30.8. The molecule has 0 aliphatic carbocycles. The first-order chi connectivity index (χ1) is 43.5. The number of aromatic nitrogens is 4. The molecule has 9 heteroatoms. The molecule has 0 N–H and O–H groups in total. The third-order valence-corrected chi connectivity index (χ3v) is 18.4. The van der Waals surface area contributed by atoms with Crippen LogP contribution in [0.4, 0.5) is 11.4 Å². The number of benzene rings is 11. The van der Waals surface area contributed by atoms with Crippen molar-refractivity contribution >= 4 is 56.7 Å². The molecular formula is C81H63BN6OPt-2. The van der Waals surface area contributed by atoms with Gasteiger partial charge in [0.2, 0.25) is 0 Å². The van der Waals surface area contributed by atoms with Gasteiger partial charge in [-0.1, -0.05) is 246 Å². The molecule has 0 bridgehead atoms. The Labute approximate surface area is 541 Å². The van der Waals surface area contributed by atoms with Gasteiger partial charge < -0.3 is 23.5 Å². The van der Waals surface area contributed by atoms with E-state index in [1.54, 1.807) is 0 Å². The monoisotopic (exact) mass is 1340 g/mol. The predicted octanol–water partition coefficient (Wildman–Crippen LogP) is 17.9. The summed E-state index contributed by atoms with van der Waals surface area (Å²) >= 11 is 0. The molecule has 5 heterocycles. The van der Waals surface area contributed by atoms with Crippen molar-refractivity contribution in [2.24, 2.45) is 0 Å². The third-order valence-electron chi connectivity index (χ3n) is 18.4. The van der Waals surface area contributed by atoms with Crippen LogP contribution in [0, 0.1) is 18.5 Å².